The molecule has 1 aliphatic rings. The van der Waals surface area contributed by atoms with Gasteiger partial charge in [-0.05, 0) is 6.07 Å². The van der Waals surface area contributed by atoms with E-state index >= 15 is 0 Å². The zero-order valence-corrected chi connectivity index (χ0v) is 15.4. The lowest BCUT2D eigenvalue weighted by molar-refractivity contribution is -0.136. The van der Waals surface area contributed by atoms with Crippen LogP contribution in [0.15, 0.2) is 18.7 Å². The molecule has 0 unspecified atom stereocenters. The minimum Gasteiger partial charge on any atom is -0.350 e. The summed E-state index contributed by atoms with van der Waals surface area (Å²) in [5, 5.41) is 11.5. The van der Waals surface area contributed by atoms with Gasteiger partial charge >= 0.3 is 0 Å². The van der Waals surface area contributed by atoms with Crippen LogP contribution in [0.5, 0.6) is 0 Å². The maximum atomic E-state index is 12.2. The van der Waals surface area contributed by atoms with Crippen LogP contribution >= 0.6 is 0 Å². The van der Waals surface area contributed by atoms with Crippen molar-refractivity contribution in [2.75, 3.05) is 6.54 Å². The highest BCUT2D eigenvalue weighted by atomic mass is 16.2. The summed E-state index contributed by atoms with van der Waals surface area (Å²) in [4.78, 5) is 30.1. The molecule has 140 valence electrons. The van der Waals surface area contributed by atoms with Crippen molar-refractivity contribution in [3.63, 3.8) is 0 Å². The molecule has 2 aromatic heterocycles. The summed E-state index contributed by atoms with van der Waals surface area (Å²) < 4.78 is 3.56. The lowest BCUT2D eigenvalue weighted by atomic mass is 10.1. The van der Waals surface area contributed by atoms with Crippen molar-refractivity contribution in [2.45, 2.75) is 47.0 Å². The van der Waals surface area contributed by atoms with Gasteiger partial charge in [-0.15, -0.1) is 0 Å². The third kappa shape index (κ3) is 4.09. The predicted molar refractivity (Wildman–Crippen MR) is 93.5 cm³/mol. The molecule has 0 bridgehead atoms. The van der Waals surface area contributed by atoms with Crippen LogP contribution in [0.1, 0.15) is 32.2 Å². The maximum absolute atomic E-state index is 12.2. The Morgan fingerprint density at radius 2 is 2.08 bits per heavy atom. The number of aromatic nitrogens is 5. The van der Waals surface area contributed by atoms with Gasteiger partial charge in [0.1, 0.15) is 12.7 Å². The molecule has 1 atom stereocenters. The first kappa shape index (κ1) is 18.1. The van der Waals surface area contributed by atoms with Gasteiger partial charge in [0.15, 0.2) is 0 Å². The summed E-state index contributed by atoms with van der Waals surface area (Å²) in [6.07, 6.45) is 3.05. The fourth-order valence-corrected chi connectivity index (χ4v) is 3.01. The molecule has 3 rings (SSSR count). The lowest BCUT2D eigenvalue weighted by Crippen LogP contribution is -2.40. The second kappa shape index (κ2) is 7.67. The first-order valence-electron chi connectivity index (χ1n) is 8.88. The monoisotopic (exact) mass is 359 g/mol. The van der Waals surface area contributed by atoms with Crippen LogP contribution in [0.2, 0.25) is 0 Å². The molecule has 2 amide bonds. The summed E-state index contributed by atoms with van der Waals surface area (Å²) >= 11 is 0. The number of rotatable bonds is 6. The Morgan fingerprint density at radius 3 is 2.77 bits per heavy atom. The highest BCUT2D eigenvalue weighted by Gasteiger charge is 2.24. The van der Waals surface area contributed by atoms with E-state index in [9.17, 15) is 9.59 Å². The number of nitrogens with one attached hydrogen (secondary N) is 1. The number of amides is 2. The molecule has 0 radical (unpaired) electrons. The zero-order valence-electron chi connectivity index (χ0n) is 15.4. The molecule has 0 spiro atoms. The molecule has 1 N–H and O–H groups in total. The number of fused-ring (bicyclic) bond motifs is 1. The van der Waals surface area contributed by atoms with Crippen LogP contribution in [0, 0.1) is 11.8 Å². The minimum absolute atomic E-state index is 0.00490. The number of carbonyl (C=O) groups is 2. The van der Waals surface area contributed by atoms with Crippen LogP contribution in [0.25, 0.3) is 0 Å². The Balaban J connectivity index is 1.54. The molecule has 0 aliphatic carbocycles. The summed E-state index contributed by atoms with van der Waals surface area (Å²) in [5.74, 6) is -0.111. The Hall–Kier alpha value is -2.71. The highest BCUT2D eigenvalue weighted by molar-refractivity contribution is 5.78. The van der Waals surface area contributed by atoms with Gasteiger partial charge in [0.05, 0.1) is 43.5 Å². The third-order valence-corrected chi connectivity index (χ3v) is 4.47. The van der Waals surface area contributed by atoms with Gasteiger partial charge in [-0.2, -0.15) is 10.2 Å². The highest BCUT2D eigenvalue weighted by Crippen LogP contribution is 2.16. The molecule has 9 heteroatoms. The fraction of sp³-hybridized carbons (Fsp3) is 0.588. The second-order valence-corrected chi connectivity index (χ2v) is 7.00. The second-order valence-electron chi connectivity index (χ2n) is 7.00. The van der Waals surface area contributed by atoms with E-state index in [2.05, 4.69) is 20.5 Å². The standard InChI is InChI=1S/C17H25N7O2/c1-12(2)17(26)22-4-5-24-15(9-22)6-14(21-24)7-19-16(25)13(3)8-23-11-18-10-20-23/h6,10-13H,4-5,7-9H2,1-3H3,(H,19,25)/t13-/m1/s1. The number of nitrogens with zero attached hydrogens (tertiary/aromatic N) is 6. The molecule has 0 fully saturated rings. The number of carbonyl (C=O) groups excluding carboxylic acids is 2. The largest absolute Gasteiger partial charge is 0.350 e. The summed E-state index contributed by atoms with van der Waals surface area (Å²) in [6, 6.07) is 1.96. The van der Waals surface area contributed by atoms with Crippen LogP contribution < -0.4 is 5.32 Å². The summed E-state index contributed by atoms with van der Waals surface area (Å²) in [5.41, 5.74) is 1.81. The van der Waals surface area contributed by atoms with Gasteiger partial charge in [0.25, 0.3) is 0 Å². The van der Waals surface area contributed by atoms with Gasteiger partial charge in [-0.1, -0.05) is 20.8 Å². The van der Waals surface area contributed by atoms with Crippen LogP contribution in [-0.4, -0.2) is 47.8 Å². The Labute approximate surface area is 152 Å². The molecule has 0 saturated carbocycles. The van der Waals surface area contributed by atoms with Crippen molar-refractivity contribution < 1.29 is 9.59 Å². The van der Waals surface area contributed by atoms with E-state index in [1.807, 2.05) is 36.4 Å². The number of hydrogen-bond donors (Lipinski definition) is 1. The molecule has 9 nitrogen and oxygen atoms in total. The molecular weight excluding hydrogens is 334 g/mol. The van der Waals surface area contributed by atoms with E-state index in [4.69, 9.17) is 0 Å². The molecule has 0 aromatic carbocycles. The molecule has 2 aromatic rings. The van der Waals surface area contributed by atoms with Gasteiger partial charge in [0.2, 0.25) is 11.8 Å². The SMILES string of the molecule is CC(C)C(=O)N1CCn2nc(CNC(=O)[C@H](C)Cn3cncn3)cc2C1. The van der Waals surface area contributed by atoms with Gasteiger partial charge in [0, 0.05) is 12.5 Å². The van der Waals surface area contributed by atoms with Crippen LogP contribution in [-0.2, 0) is 35.8 Å². The molecule has 26 heavy (non-hydrogen) atoms. The van der Waals surface area contributed by atoms with E-state index in [0.717, 1.165) is 11.4 Å². The normalized spacial score (nSPS) is 15.0. The summed E-state index contributed by atoms with van der Waals surface area (Å²) in [7, 11) is 0. The predicted octanol–water partition coefficient (Wildman–Crippen LogP) is 0.425. The maximum Gasteiger partial charge on any atom is 0.225 e. The summed E-state index contributed by atoms with van der Waals surface area (Å²) in [6.45, 7) is 8.46. The molecule has 3 heterocycles. The van der Waals surface area contributed by atoms with Crippen molar-refractivity contribution in [3.05, 3.63) is 30.1 Å². The minimum atomic E-state index is -0.215. The topological polar surface area (TPSA) is 97.9 Å². The smallest absolute Gasteiger partial charge is 0.225 e. The van der Waals surface area contributed by atoms with Gasteiger partial charge in [-0.25, -0.2) is 4.98 Å². The van der Waals surface area contributed by atoms with E-state index in [-0.39, 0.29) is 23.7 Å². The Morgan fingerprint density at radius 1 is 1.27 bits per heavy atom. The van der Waals surface area contributed by atoms with Crippen LogP contribution in [0.3, 0.4) is 0 Å². The fourth-order valence-electron chi connectivity index (χ4n) is 3.01. The van der Waals surface area contributed by atoms with E-state index in [1.165, 1.54) is 6.33 Å². The lowest BCUT2D eigenvalue weighted by Gasteiger charge is -2.29. The molecular formula is C17H25N7O2. The van der Waals surface area contributed by atoms with E-state index in [1.54, 1.807) is 11.0 Å². The average molecular weight is 359 g/mol. The Bertz CT molecular complexity index is 766. The van der Waals surface area contributed by atoms with Gasteiger partial charge < -0.3 is 10.2 Å². The number of hydrogen-bond acceptors (Lipinski definition) is 5. The zero-order chi connectivity index (χ0) is 18.7. The third-order valence-electron chi connectivity index (χ3n) is 4.47. The van der Waals surface area contributed by atoms with Crippen molar-refractivity contribution in [2.24, 2.45) is 11.8 Å². The first-order valence-corrected chi connectivity index (χ1v) is 8.88. The van der Waals surface area contributed by atoms with Crippen LogP contribution in [0.4, 0.5) is 0 Å². The van der Waals surface area contributed by atoms with Crippen molar-refractivity contribution in [1.29, 1.82) is 0 Å². The van der Waals surface area contributed by atoms with Gasteiger partial charge in [-0.3, -0.25) is 19.0 Å². The first-order chi connectivity index (χ1) is 12.4. The van der Waals surface area contributed by atoms with Crippen molar-refractivity contribution in [3.8, 4) is 0 Å². The van der Waals surface area contributed by atoms with E-state index < -0.39 is 0 Å². The van der Waals surface area contributed by atoms with Crippen molar-refractivity contribution in [1.82, 2.24) is 34.8 Å². The molecule has 1 aliphatic heterocycles. The average Bonchev–Trinajstić information content (AvgIpc) is 3.27. The molecule has 0 saturated heterocycles. The Kier molecular flexibility index (Phi) is 5.34. The quantitative estimate of drug-likeness (QED) is 0.806. The van der Waals surface area contributed by atoms with E-state index in [0.29, 0.717) is 32.7 Å². The van der Waals surface area contributed by atoms with Crippen molar-refractivity contribution >= 4 is 11.8 Å².